The van der Waals surface area contributed by atoms with Crippen molar-refractivity contribution in [2.75, 3.05) is 26.2 Å². The minimum absolute atomic E-state index is 0.0580. The molecule has 0 saturated carbocycles. The van der Waals surface area contributed by atoms with Gasteiger partial charge in [-0.2, -0.15) is 0 Å². The molecule has 2 aromatic carbocycles. The second kappa shape index (κ2) is 10.4. The van der Waals surface area contributed by atoms with Gasteiger partial charge in [-0.25, -0.2) is 0 Å². The zero-order valence-electron chi connectivity index (χ0n) is 18.8. The molecule has 1 amide bonds. The molecule has 1 aromatic heterocycles. The fraction of sp³-hybridized carbons (Fsp3) is 0.360. The van der Waals surface area contributed by atoms with Crippen molar-refractivity contribution < 1.29 is 14.6 Å². The van der Waals surface area contributed by atoms with E-state index in [0.717, 1.165) is 25.9 Å². The molecule has 9 heteroatoms. The number of benzene rings is 2. The number of amides is 1. The molecule has 1 atom stereocenters. The van der Waals surface area contributed by atoms with E-state index < -0.39 is 11.5 Å². The van der Waals surface area contributed by atoms with Crippen LogP contribution in [0.3, 0.4) is 0 Å². The van der Waals surface area contributed by atoms with E-state index in [1.807, 2.05) is 6.07 Å². The highest BCUT2D eigenvalue weighted by Crippen LogP contribution is 2.28. The number of aromatic nitrogens is 1. The predicted octanol–water partition coefficient (Wildman–Crippen LogP) is 3.86. The molecule has 1 saturated heterocycles. The smallest absolute Gasteiger partial charge is 0.252 e. The maximum Gasteiger partial charge on any atom is 0.252 e. The third-order valence-corrected chi connectivity index (χ3v) is 6.66. The van der Waals surface area contributed by atoms with Crippen LogP contribution in [-0.4, -0.2) is 58.8 Å². The summed E-state index contributed by atoms with van der Waals surface area (Å²) in [5.74, 6) is 0.297. The van der Waals surface area contributed by atoms with E-state index in [-0.39, 0.29) is 23.8 Å². The Labute approximate surface area is 207 Å². The molecule has 0 radical (unpaired) electrons. The molecular weight excluding hydrogens is 477 g/mol. The highest BCUT2D eigenvalue weighted by atomic mass is 35.5. The Hall–Kier alpha value is -2.58. The van der Waals surface area contributed by atoms with Crippen LogP contribution in [0.15, 0.2) is 53.3 Å². The van der Waals surface area contributed by atoms with E-state index in [2.05, 4.69) is 15.2 Å². The summed E-state index contributed by atoms with van der Waals surface area (Å²) in [6.45, 7) is 3.68. The van der Waals surface area contributed by atoms with Crippen molar-refractivity contribution in [1.82, 2.24) is 15.2 Å². The van der Waals surface area contributed by atoms with Crippen LogP contribution < -0.4 is 15.6 Å². The van der Waals surface area contributed by atoms with Gasteiger partial charge in [-0.05, 0) is 38.0 Å². The lowest BCUT2D eigenvalue weighted by Crippen LogP contribution is -2.51. The lowest BCUT2D eigenvalue weighted by molar-refractivity contribution is 0.00229. The number of rotatable bonds is 7. The maximum atomic E-state index is 12.8. The number of halogens is 2. The van der Waals surface area contributed by atoms with Crippen LogP contribution in [0.5, 0.6) is 5.75 Å². The van der Waals surface area contributed by atoms with Gasteiger partial charge in [-0.1, -0.05) is 41.4 Å². The van der Waals surface area contributed by atoms with E-state index in [1.165, 1.54) is 6.07 Å². The predicted molar refractivity (Wildman–Crippen MR) is 134 cm³/mol. The first-order chi connectivity index (χ1) is 16.2. The fourth-order valence-electron chi connectivity index (χ4n) is 4.22. The molecule has 4 rings (SSSR count). The Morgan fingerprint density at radius 3 is 2.65 bits per heavy atom. The highest BCUT2D eigenvalue weighted by Gasteiger charge is 2.29. The first-order valence-electron chi connectivity index (χ1n) is 11.2. The van der Waals surface area contributed by atoms with Gasteiger partial charge in [0.15, 0.2) is 0 Å². The van der Waals surface area contributed by atoms with Crippen LogP contribution >= 0.6 is 23.2 Å². The van der Waals surface area contributed by atoms with Crippen molar-refractivity contribution in [1.29, 1.82) is 0 Å². The van der Waals surface area contributed by atoms with Gasteiger partial charge in [0.2, 0.25) is 5.56 Å². The summed E-state index contributed by atoms with van der Waals surface area (Å²) in [6.07, 6.45) is 1.67. The normalized spacial score (nSPS) is 16.8. The Bertz CT molecular complexity index is 1240. The number of nitrogens with zero attached hydrogens (tertiary/aromatic N) is 1. The van der Waals surface area contributed by atoms with E-state index in [4.69, 9.17) is 27.9 Å². The van der Waals surface area contributed by atoms with Crippen molar-refractivity contribution >= 4 is 40.0 Å². The first-order valence-corrected chi connectivity index (χ1v) is 11.9. The number of hydrogen-bond donors (Lipinski definition) is 3. The molecule has 0 spiro atoms. The number of H-pyrrole nitrogens is 1. The zero-order valence-corrected chi connectivity index (χ0v) is 20.3. The standard InChI is InChI=1S/C25H27Cl2N3O4/c1-25(33,14-28-24(32)19-13-23(31)29-22-5-3-2-4-18(19)22)15-30-10-8-16(9-11-30)34-17-6-7-20(26)21(27)12-17/h2-7,12-13,16,33H,8-11,14-15H2,1H3,(H,28,32)(H,29,31). The van der Waals surface area contributed by atoms with Crippen LogP contribution in [0.4, 0.5) is 0 Å². The van der Waals surface area contributed by atoms with E-state index in [9.17, 15) is 14.7 Å². The molecule has 1 aliphatic rings. The summed E-state index contributed by atoms with van der Waals surface area (Å²) in [5.41, 5.74) is -0.598. The Morgan fingerprint density at radius 1 is 1.18 bits per heavy atom. The van der Waals surface area contributed by atoms with Crippen LogP contribution in [0.2, 0.25) is 10.0 Å². The molecule has 2 heterocycles. The van der Waals surface area contributed by atoms with Gasteiger partial charge in [-0.3, -0.25) is 9.59 Å². The molecule has 0 aliphatic carbocycles. The monoisotopic (exact) mass is 503 g/mol. The van der Waals surface area contributed by atoms with Gasteiger partial charge < -0.3 is 25.0 Å². The van der Waals surface area contributed by atoms with Gasteiger partial charge in [0.1, 0.15) is 11.9 Å². The quantitative estimate of drug-likeness (QED) is 0.455. The second-order valence-corrected chi connectivity index (χ2v) is 9.76. The van der Waals surface area contributed by atoms with E-state index in [0.29, 0.717) is 33.2 Å². The summed E-state index contributed by atoms with van der Waals surface area (Å²) in [4.78, 5) is 29.6. The Morgan fingerprint density at radius 2 is 1.91 bits per heavy atom. The summed E-state index contributed by atoms with van der Waals surface area (Å²) in [5, 5.41) is 15.3. The summed E-state index contributed by atoms with van der Waals surface area (Å²) in [7, 11) is 0. The number of piperidine rings is 1. The molecule has 3 N–H and O–H groups in total. The van der Waals surface area contributed by atoms with Crippen molar-refractivity contribution in [2.45, 2.75) is 31.5 Å². The number of hydrogen-bond acceptors (Lipinski definition) is 5. The number of aliphatic hydroxyl groups is 1. The fourth-order valence-corrected chi connectivity index (χ4v) is 4.51. The molecule has 180 valence electrons. The van der Waals surface area contributed by atoms with Crippen LogP contribution in [0.1, 0.15) is 30.1 Å². The number of β-amino-alcohol motifs (C(OH)–C–C–N with tert-alkyl or cyclic N) is 1. The van der Waals surface area contributed by atoms with Crippen LogP contribution in [0.25, 0.3) is 10.9 Å². The van der Waals surface area contributed by atoms with E-state index >= 15 is 0 Å². The van der Waals surface area contributed by atoms with Crippen molar-refractivity contribution in [2.24, 2.45) is 0 Å². The van der Waals surface area contributed by atoms with Crippen molar-refractivity contribution in [3.05, 3.63) is 74.5 Å². The number of carbonyl (C=O) groups excluding carboxylic acids is 1. The average molecular weight is 504 g/mol. The number of fused-ring (bicyclic) bond motifs is 1. The number of pyridine rings is 1. The largest absolute Gasteiger partial charge is 0.490 e. The third kappa shape index (κ3) is 6.10. The molecule has 3 aromatic rings. The van der Waals surface area contributed by atoms with E-state index in [1.54, 1.807) is 43.3 Å². The molecule has 0 bridgehead atoms. The highest BCUT2D eigenvalue weighted by molar-refractivity contribution is 6.42. The summed E-state index contributed by atoms with van der Waals surface area (Å²) >= 11 is 12.0. The SMILES string of the molecule is CC(O)(CNC(=O)c1cc(=O)[nH]c2ccccc12)CN1CCC(Oc2ccc(Cl)c(Cl)c2)CC1. The molecule has 1 fully saturated rings. The topological polar surface area (TPSA) is 94.7 Å². The average Bonchev–Trinajstić information content (AvgIpc) is 2.80. The number of nitrogens with one attached hydrogen (secondary N) is 2. The number of para-hydroxylation sites is 1. The van der Waals surface area contributed by atoms with Crippen LogP contribution in [-0.2, 0) is 0 Å². The lowest BCUT2D eigenvalue weighted by atomic mass is 10.0. The molecule has 34 heavy (non-hydrogen) atoms. The van der Waals surface area contributed by atoms with Gasteiger partial charge in [0.05, 0.1) is 21.2 Å². The minimum atomic E-state index is -1.13. The summed E-state index contributed by atoms with van der Waals surface area (Å²) in [6, 6.07) is 13.7. The number of likely N-dealkylation sites (tertiary alicyclic amines) is 1. The Balaban J connectivity index is 1.29. The van der Waals surface area contributed by atoms with Crippen molar-refractivity contribution in [3.8, 4) is 5.75 Å². The number of ether oxygens (including phenoxy) is 1. The minimum Gasteiger partial charge on any atom is -0.490 e. The van der Waals surface area contributed by atoms with Gasteiger partial charge in [0.25, 0.3) is 5.91 Å². The number of carbonyl (C=O) groups is 1. The second-order valence-electron chi connectivity index (χ2n) is 8.94. The van der Waals surface area contributed by atoms with Crippen LogP contribution in [0, 0.1) is 0 Å². The summed E-state index contributed by atoms with van der Waals surface area (Å²) < 4.78 is 6.02. The third-order valence-electron chi connectivity index (χ3n) is 5.92. The molecular formula is C25H27Cl2N3O4. The molecule has 1 aliphatic heterocycles. The maximum absolute atomic E-state index is 12.8. The lowest BCUT2D eigenvalue weighted by Gasteiger charge is -2.36. The molecule has 7 nitrogen and oxygen atoms in total. The van der Waals surface area contributed by atoms with Gasteiger partial charge >= 0.3 is 0 Å². The van der Waals surface area contributed by atoms with Crippen molar-refractivity contribution in [3.63, 3.8) is 0 Å². The zero-order chi connectivity index (χ0) is 24.3. The number of aromatic amines is 1. The molecule has 1 unspecified atom stereocenters. The van der Waals surface area contributed by atoms with Gasteiger partial charge in [-0.15, -0.1) is 0 Å². The Kier molecular flexibility index (Phi) is 7.48. The first kappa shape index (κ1) is 24.5. The van der Waals surface area contributed by atoms with Gasteiger partial charge in [0, 0.05) is 49.2 Å².